The van der Waals surface area contributed by atoms with Crippen LogP contribution in [-0.4, -0.2) is 19.3 Å². The summed E-state index contributed by atoms with van der Waals surface area (Å²) in [5.41, 5.74) is 0. The summed E-state index contributed by atoms with van der Waals surface area (Å²) in [6.07, 6.45) is 0.286. The Morgan fingerprint density at radius 2 is 1.71 bits per heavy atom. The van der Waals surface area contributed by atoms with Gasteiger partial charge in [0.15, 0.2) is 0 Å². The van der Waals surface area contributed by atoms with Gasteiger partial charge >= 0.3 is 7.82 Å². The van der Waals surface area contributed by atoms with E-state index in [1.165, 1.54) is 0 Å². The van der Waals surface area contributed by atoms with Crippen molar-refractivity contribution in [3.63, 3.8) is 0 Å². The molecule has 0 aliphatic carbocycles. The molecule has 0 aliphatic rings. The summed E-state index contributed by atoms with van der Waals surface area (Å²) in [5, 5.41) is 0. The Hall–Kier alpha value is -0.330. The molecule has 0 N–H and O–H groups in total. The lowest BCUT2D eigenvalue weighted by atomic mass is 10.1. The molecule has 0 saturated carbocycles. The average molecular weight is 262 g/mol. The third kappa shape index (κ3) is 7.57. The highest BCUT2D eigenvalue weighted by atomic mass is 31.2. The highest BCUT2D eigenvalue weighted by Crippen LogP contribution is 2.50. The molecule has 5 heteroatoms. The maximum absolute atomic E-state index is 12.1. The highest BCUT2D eigenvalue weighted by molar-refractivity contribution is 7.48. The number of rotatable bonds is 8. The summed E-state index contributed by atoms with van der Waals surface area (Å²) >= 11 is 0. The molecule has 0 aliphatic heterocycles. The Balaban J connectivity index is 4.65. The fraction of sp³-hybridized carbons (Fsp3) is 0.833. The molecule has 0 bridgehead atoms. The first-order valence-electron chi connectivity index (χ1n) is 5.97. The van der Waals surface area contributed by atoms with Crippen LogP contribution < -0.4 is 0 Å². The summed E-state index contributed by atoms with van der Waals surface area (Å²) < 4.78 is 27.7. The Labute approximate surface area is 105 Å². The molecule has 4 nitrogen and oxygen atoms in total. The van der Waals surface area contributed by atoms with Crippen molar-refractivity contribution in [2.45, 2.75) is 47.1 Å². The van der Waals surface area contributed by atoms with Gasteiger partial charge in [-0.1, -0.05) is 19.8 Å². The molecule has 0 rings (SSSR count). The van der Waals surface area contributed by atoms with Crippen molar-refractivity contribution in [2.24, 2.45) is 5.92 Å². The van der Waals surface area contributed by atoms with E-state index in [1.807, 2.05) is 0 Å². The van der Waals surface area contributed by atoms with Crippen molar-refractivity contribution >= 4 is 7.82 Å². The highest BCUT2D eigenvalue weighted by Gasteiger charge is 2.29. The summed E-state index contributed by atoms with van der Waals surface area (Å²) in [7, 11) is -3.46. The molecule has 1 unspecified atom stereocenters. The van der Waals surface area contributed by atoms with E-state index in [4.69, 9.17) is 13.6 Å². The van der Waals surface area contributed by atoms with Gasteiger partial charge in [-0.2, -0.15) is 0 Å². The largest absolute Gasteiger partial charge is 0.475 e. The van der Waals surface area contributed by atoms with Crippen LogP contribution in [0.25, 0.3) is 0 Å². The zero-order valence-electron chi connectivity index (χ0n) is 11.4. The predicted molar refractivity (Wildman–Crippen MR) is 68.6 cm³/mol. The van der Waals surface area contributed by atoms with E-state index >= 15 is 0 Å². The van der Waals surface area contributed by atoms with Crippen LogP contribution in [0.1, 0.15) is 41.0 Å². The monoisotopic (exact) mass is 262 g/mol. The van der Waals surface area contributed by atoms with Crippen molar-refractivity contribution in [1.29, 1.82) is 0 Å². The van der Waals surface area contributed by atoms with Gasteiger partial charge in [-0.3, -0.25) is 13.6 Å². The van der Waals surface area contributed by atoms with Gasteiger partial charge in [0.2, 0.25) is 0 Å². The molecular weight excluding hydrogens is 239 g/mol. The second-order valence-corrected chi connectivity index (χ2v) is 5.52. The first kappa shape index (κ1) is 16.7. The summed E-state index contributed by atoms with van der Waals surface area (Å²) in [6, 6.07) is 0. The molecule has 0 radical (unpaired) electrons. The van der Waals surface area contributed by atoms with Gasteiger partial charge in [-0.15, -0.1) is 5.92 Å². The van der Waals surface area contributed by atoms with Crippen LogP contribution in [0.3, 0.4) is 0 Å². The Kier molecular flexibility index (Phi) is 8.55. The summed E-state index contributed by atoms with van der Waals surface area (Å²) in [4.78, 5) is 0. The number of hydrogen-bond donors (Lipinski definition) is 0. The van der Waals surface area contributed by atoms with Gasteiger partial charge in [0.25, 0.3) is 0 Å². The fourth-order valence-corrected chi connectivity index (χ4v) is 2.57. The van der Waals surface area contributed by atoms with Gasteiger partial charge < -0.3 is 0 Å². The van der Waals surface area contributed by atoms with Crippen molar-refractivity contribution < 1.29 is 18.1 Å². The molecule has 100 valence electrons. The van der Waals surface area contributed by atoms with Crippen LogP contribution in [0.2, 0.25) is 0 Å². The van der Waals surface area contributed by atoms with Crippen LogP contribution in [-0.2, 0) is 18.1 Å². The molecule has 0 spiro atoms. The van der Waals surface area contributed by atoms with E-state index in [2.05, 4.69) is 25.7 Å². The lowest BCUT2D eigenvalue weighted by molar-refractivity contribution is 0.0964. The SMILES string of the molecule is CC#CC(CC(C)C)OP(=O)(OCC)OCC. The van der Waals surface area contributed by atoms with Crippen molar-refractivity contribution in [3.8, 4) is 11.8 Å². The maximum atomic E-state index is 12.1. The van der Waals surface area contributed by atoms with Crippen molar-refractivity contribution in [2.75, 3.05) is 13.2 Å². The lowest BCUT2D eigenvalue weighted by Gasteiger charge is -2.21. The van der Waals surface area contributed by atoms with E-state index < -0.39 is 13.9 Å². The Morgan fingerprint density at radius 1 is 1.18 bits per heavy atom. The molecule has 1 atom stereocenters. The van der Waals surface area contributed by atoms with Gasteiger partial charge in [0.05, 0.1) is 13.2 Å². The fourth-order valence-electron chi connectivity index (χ4n) is 1.29. The van der Waals surface area contributed by atoms with Gasteiger partial charge in [-0.25, -0.2) is 4.57 Å². The number of phosphoric ester groups is 1. The quantitative estimate of drug-likeness (QED) is 0.495. The topological polar surface area (TPSA) is 44.8 Å². The van der Waals surface area contributed by atoms with E-state index in [9.17, 15) is 4.57 Å². The van der Waals surface area contributed by atoms with E-state index in [0.717, 1.165) is 0 Å². The third-order valence-corrected chi connectivity index (χ3v) is 3.48. The minimum Gasteiger partial charge on any atom is -0.287 e. The molecule has 0 aromatic heterocycles. The van der Waals surface area contributed by atoms with Crippen LogP contribution in [0, 0.1) is 17.8 Å². The predicted octanol–water partition coefficient (Wildman–Crippen LogP) is 3.62. The molecule has 0 aromatic rings. The van der Waals surface area contributed by atoms with Gasteiger partial charge in [0.1, 0.15) is 6.10 Å². The third-order valence-electron chi connectivity index (χ3n) is 1.82. The summed E-state index contributed by atoms with van der Waals surface area (Å²) in [6.45, 7) is 9.90. The summed E-state index contributed by atoms with van der Waals surface area (Å²) in [5.74, 6) is 6.06. The molecule has 0 saturated heterocycles. The van der Waals surface area contributed by atoms with Crippen molar-refractivity contribution in [1.82, 2.24) is 0 Å². The van der Waals surface area contributed by atoms with Crippen LogP contribution in [0.15, 0.2) is 0 Å². The molecule has 0 fully saturated rings. The molecular formula is C12H23O4P. The van der Waals surface area contributed by atoms with Crippen LogP contribution >= 0.6 is 7.82 Å². The second kappa shape index (κ2) is 8.72. The van der Waals surface area contributed by atoms with Crippen LogP contribution in [0.5, 0.6) is 0 Å². The molecule has 0 amide bonds. The molecule has 0 heterocycles. The zero-order valence-corrected chi connectivity index (χ0v) is 12.3. The number of phosphoric acid groups is 1. The first-order chi connectivity index (χ1) is 7.97. The van der Waals surface area contributed by atoms with Gasteiger partial charge in [-0.05, 0) is 33.1 Å². The Bertz CT molecular complexity index is 293. The maximum Gasteiger partial charge on any atom is 0.475 e. The van der Waals surface area contributed by atoms with Crippen molar-refractivity contribution in [3.05, 3.63) is 0 Å². The molecule has 17 heavy (non-hydrogen) atoms. The Morgan fingerprint density at radius 3 is 2.06 bits per heavy atom. The standard InChI is InChI=1S/C12H23O4P/c1-6-9-12(10-11(4)5)16-17(13,14-7-2)15-8-3/h11-12H,7-8,10H2,1-5H3. The normalized spacial score (nSPS) is 13.3. The van der Waals surface area contributed by atoms with E-state index in [-0.39, 0.29) is 13.2 Å². The minimum absolute atomic E-state index is 0.283. The second-order valence-electron chi connectivity index (χ2n) is 3.90. The average Bonchev–Trinajstić information content (AvgIpc) is 2.16. The first-order valence-corrected chi connectivity index (χ1v) is 7.43. The zero-order chi connectivity index (χ0) is 13.3. The number of hydrogen-bond acceptors (Lipinski definition) is 4. The minimum atomic E-state index is -3.46. The molecule has 0 aromatic carbocycles. The van der Waals surface area contributed by atoms with E-state index in [0.29, 0.717) is 12.3 Å². The lowest BCUT2D eigenvalue weighted by Crippen LogP contribution is -2.14. The van der Waals surface area contributed by atoms with Gasteiger partial charge in [0, 0.05) is 0 Å². The van der Waals surface area contributed by atoms with E-state index in [1.54, 1.807) is 20.8 Å². The smallest absolute Gasteiger partial charge is 0.287 e. The van der Waals surface area contributed by atoms with Crippen LogP contribution in [0.4, 0.5) is 0 Å².